The predicted octanol–water partition coefficient (Wildman–Crippen LogP) is 11.1. The minimum Gasteiger partial charge on any atom is -0.466 e. The first-order valence-corrected chi connectivity index (χ1v) is 22.1. The summed E-state index contributed by atoms with van der Waals surface area (Å²) < 4.78 is 58.5. The van der Waals surface area contributed by atoms with Gasteiger partial charge in [0.1, 0.15) is 0 Å². The van der Waals surface area contributed by atoms with Crippen molar-refractivity contribution in [1.29, 1.82) is 0 Å². The molecule has 0 saturated heterocycles. The summed E-state index contributed by atoms with van der Waals surface area (Å²) in [5.41, 5.74) is -1.30. The van der Waals surface area contributed by atoms with E-state index in [0.29, 0.717) is 53.3 Å². The van der Waals surface area contributed by atoms with Crippen LogP contribution >= 0.6 is 23.2 Å². The summed E-state index contributed by atoms with van der Waals surface area (Å²) in [6.45, 7) is 10.4. The average molecular weight is 773 g/mol. The van der Waals surface area contributed by atoms with Crippen LogP contribution in [0.1, 0.15) is 133 Å². The maximum atomic E-state index is 15.1. The summed E-state index contributed by atoms with van der Waals surface area (Å²) in [5.74, 6) is -0.907. The first-order chi connectivity index (χ1) is 24.1. The molecule has 2 aromatic rings. The highest BCUT2D eigenvalue weighted by molar-refractivity contribution is 6.73. The number of hydrogen-bond donors (Lipinski definition) is 0. The summed E-state index contributed by atoms with van der Waals surface area (Å²) >= 11 is 13.6. The van der Waals surface area contributed by atoms with Crippen molar-refractivity contribution in [2.24, 2.45) is 16.7 Å². The van der Waals surface area contributed by atoms with Gasteiger partial charge in [-0.3, -0.25) is 14.3 Å². The van der Waals surface area contributed by atoms with Gasteiger partial charge >= 0.3 is 12.1 Å². The second-order valence-electron chi connectivity index (χ2n) is 15.5. The normalized spacial score (nSPS) is 22.9. The van der Waals surface area contributed by atoms with Crippen LogP contribution < -0.4 is 0 Å². The van der Waals surface area contributed by atoms with E-state index in [1.54, 1.807) is 36.9 Å². The smallest absolute Gasteiger partial charge is 0.433 e. The van der Waals surface area contributed by atoms with E-state index in [0.717, 1.165) is 54.7 Å². The Morgan fingerprint density at radius 3 is 2.08 bits per heavy atom. The molecule has 3 aliphatic carbocycles. The first kappa shape index (κ1) is 40.1. The van der Waals surface area contributed by atoms with E-state index in [1.165, 1.54) is 12.8 Å². The SMILES string of the molecule is CCOC(=O)C1(C)CCC(n2ncc(C(=O)N(CC3CCC4(CC3)CC4)CC(O[Si](CC)(CC)CC)c3c(Cl)cccc3Cl)c2C(F)(F)F)CC1. The second-order valence-corrected chi connectivity index (χ2v) is 21.0. The van der Waals surface area contributed by atoms with Gasteiger partial charge in [-0.2, -0.15) is 18.3 Å². The van der Waals surface area contributed by atoms with Crippen molar-refractivity contribution in [3.05, 3.63) is 51.3 Å². The topological polar surface area (TPSA) is 73.7 Å². The highest BCUT2D eigenvalue weighted by atomic mass is 35.5. The quantitative estimate of drug-likeness (QED) is 0.141. The van der Waals surface area contributed by atoms with Gasteiger partial charge in [-0.05, 0) is 120 Å². The second kappa shape index (κ2) is 16.1. The fourth-order valence-electron chi connectivity index (χ4n) is 8.45. The Hall–Kier alpha value is -2.08. The van der Waals surface area contributed by atoms with Crippen LogP contribution in [-0.4, -0.2) is 54.6 Å². The summed E-state index contributed by atoms with van der Waals surface area (Å²) in [6, 6.07) is 7.10. The van der Waals surface area contributed by atoms with Crippen LogP contribution in [0.4, 0.5) is 13.2 Å². The Kier molecular flexibility index (Phi) is 12.7. The van der Waals surface area contributed by atoms with Crippen LogP contribution in [0, 0.1) is 16.7 Å². The highest BCUT2D eigenvalue weighted by Crippen LogP contribution is 2.57. The Balaban J connectivity index is 1.51. The Labute approximate surface area is 312 Å². The lowest BCUT2D eigenvalue weighted by atomic mass is 9.74. The van der Waals surface area contributed by atoms with Crippen LogP contribution in [0.15, 0.2) is 24.4 Å². The van der Waals surface area contributed by atoms with E-state index in [1.807, 2.05) is 0 Å². The van der Waals surface area contributed by atoms with Crippen molar-refractivity contribution in [2.45, 2.75) is 135 Å². The number of carbonyl (C=O) groups excluding carboxylic acids is 2. The lowest BCUT2D eigenvalue weighted by Crippen LogP contribution is -2.44. The molecule has 1 aromatic carbocycles. The van der Waals surface area contributed by atoms with Crippen LogP contribution in [0.2, 0.25) is 28.2 Å². The number of hydrogen-bond acceptors (Lipinski definition) is 5. The van der Waals surface area contributed by atoms with Crippen molar-refractivity contribution in [1.82, 2.24) is 14.7 Å². The zero-order chi connectivity index (χ0) is 37.2. The van der Waals surface area contributed by atoms with Gasteiger partial charge in [0.15, 0.2) is 14.0 Å². The van der Waals surface area contributed by atoms with Gasteiger partial charge < -0.3 is 14.1 Å². The molecule has 5 rings (SSSR count). The lowest BCUT2D eigenvalue weighted by molar-refractivity contribution is -0.157. The van der Waals surface area contributed by atoms with Crippen molar-refractivity contribution >= 4 is 43.4 Å². The molecule has 3 fully saturated rings. The maximum Gasteiger partial charge on any atom is 0.433 e. The molecule has 284 valence electrons. The van der Waals surface area contributed by atoms with E-state index < -0.39 is 49.2 Å². The van der Waals surface area contributed by atoms with E-state index in [2.05, 4.69) is 25.9 Å². The number of aromatic nitrogens is 2. The molecule has 1 heterocycles. The molecule has 13 heteroatoms. The minimum atomic E-state index is -4.84. The largest absolute Gasteiger partial charge is 0.466 e. The van der Waals surface area contributed by atoms with Gasteiger partial charge in [0.05, 0.1) is 42.5 Å². The number of carbonyl (C=O) groups is 2. The molecule has 3 saturated carbocycles. The average Bonchev–Trinajstić information content (AvgIpc) is 3.70. The molecular formula is C38H54Cl2F3N3O4Si. The number of halogens is 5. The van der Waals surface area contributed by atoms with Crippen LogP contribution in [0.3, 0.4) is 0 Å². The molecule has 0 bridgehead atoms. The highest BCUT2D eigenvalue weighted by Gasteiger charge is 2.48. The van der Waals surface area contributed by atoms with Gasteiger partial charge in [-0.15, -0.1) is 0 Å². The molecule has 3 aliphatic rings. The Morgan fingerprint density at radius 2 is 1.57 bits per heavy atom. The molecule has 7 nitrogen and oxygen atoms in total. The number of benzene rings is 1. The van der Waals surface area contributed by atoms with Gasteiger partial charge in [-0.25, -0.2) is 0 Å². The van der Waals surface area contributed by atoms with Gasteiger partial charge in [-0.1, -0.05) is 50.0 Å². The van der Waals surface area contributed by atoms with Gasteiger partial charge in [0.2, 0.25) is 0 Å². The molecule has 1 amide bonds. The zero-order valence-corrected chi connectivity index (χ0v) is 33.2. The van der Waals surface area contributed by atoms with Crippen molar-refractivity contribution < 1.29 is 31.9 Å². The zero-order valence-electron chi connectivity index (χ0n) is 30.7. The van der Waals surface area contributed by atoms with E-state index in [4.69, 9.17) is 32.4 Å². The third-order valence-electron chi connectivity index (χ3n) is 12.4. The van der Waals surface area contributed by atoms with Crippen LogP contribution in [-0.2, 0) is 20.1 Å². The number of alkyl halides is 3. The predicted molar refractivity (Wildman–Crippen MR) is 196 cm³/mol. The van der Waals surface area contributed by atoms with Crippen LogP contribution in [0.5, 0.6) is 0 Å². The Morgan fingerprint density at radius 1 is 0.980 bits per heavy atom. The van der Waals surface area contributed by atoms with E-state index in [9.17, 15) is 9.59 Å². The molecule has 0 aliphatic heterocycles. The molecule has 0 radical (unpaired) electrons. The standard InChI is InChI=1S/C38H54Cl2F3N3O4Si/c1-6-49-35(48)36(5)17-15-27(16-18-36)46-33(38(41,42)43)28(23-44-46)34(47)45(24-26-13-19-37(20-14-26)21-22-37)25-31(50-51(7-2,8-3)9-4)32-29(39)11-10-12-30(32)40/h10-12,23,26-27,31H,6-9,13-22,24-25H2,1-5H3. The molecule has 1 spiro atoms. The maximum absolute atomic E-state index is 15.1. The molecule has 51 heavy (non-hydrogen) atoms. The molecule has 0 N–H and O–H groups in total. The number of amides is 1. The molecule has 1 atom stereocenters. The number of nitrogens with zero attached hydrogens (tertiary/aromatic N) is 3. The number of rotatable bonds is 14. The third-order valence-corrected chi connectivity index (χ3v) is 17.7. The Bertz CT molecular complexity index is 1500. The summed E-state index contributed by atoms with van der Waals surface area (Å²) in [7, 11) is -2.32. The van der Waals surface area contributed by atoms with Gasteiger partial charge in [0.25, 0.3) is 5.91 Å². The molecular weight excluding hydrogens is 718 g/mol. The van der Waals surface area contributed by atoms with Crippen LogP contribution in [0.25, 0.3) is 0 Å². The monoisotopic (exact) mass is 771 g/mol. The van der Waals surface area contributed by atoms with Crippen molar-refractivity contribution in [3.63, 3.8) is 0 Å². The third kappa shape index (κ3) is 8.84. The summed E-state index contributed by atoms with van der Waals surface area (Å²) in [4.78, 5) is 28.9. The molecule has 1 aromatic heterocycles. The molecule has 1 unspecified atom stereocenters. The number of ether oxygens (including phenoxy) is 1. The number of esters is 1. The van der Waals surface area contributed by atoms with Crippen molar-refractivity contribution in [2.75, 3.05) is 19.7 Å². The fourth-order valence-corrected chi connectivity index (χ4v) is 11.9. The first-order valence-electron chi connectivity index (χ1n) is 18.9. The lowest BCUT2D eigenvalue weighted by Gasteiger charge is -2.38. The fraction of sp³-hybridized carbons (Fsp3) is 0.711. The van der Waals surface area contributed by atoms with E-state index in [-0.39, 0.29) is 25.0 Å². The van der Waals surface area contributed by atoms with Crippen molar-refractivity contribution in [3.8, 4) is 0 Å². The van der Waals surface area contributed by atoms with Gasteiger partial charge in [0, 0.05) is 22.2 Å². The summed E-state index contributed by atoms with van der Waals surface area (Å²) in [5, 5.41) is 5.04. The minimum absolute atomic E-state index is 0.0163. The van der Waals surface area contributed by atoms with E-state index >= 15 is 13.2 Å². The summed E-state index contributed by atoms with van der Waals surface area (Å²) in [6.07, 6.45) is 3.32.